The molecule has 1 aliphatic rings. The maximum Gasteiger partial charge on any atom is 0.250 e. The molecule has 4 heteroatoms. The van der Waals surface area contributed by atoms with E-state index in [1.807, 2.05) is 13.8 Å². The molecule has 1 aliphatic heterocycles. The van der Waals surface area contributed by atoms with Crippen LogP contribution in [0.5, 0.6) is 0 Å². The molecule has 1 aromatic rings. The molecule has 14 heavy (non-hydrogen) atoms. The van der Waals surface area contributed by atoms with E-state index in [0.717, 1.165) is 0 Å². The van der Waals surface area contributed by atoms with E-state index >= 15 is 0 Å². The molecule has 1 N–H and O–H groups in total. The molecule has 1 atom stereocenters. The second-order valence-electron chi connectivity index (χ2n) is 3.63. The van der Waals surface area contributed by atoms with E-state index in [2.05, 4.69) is 10.3 Å². The standard InChI is InChI=1S/C10H12N2O2/c1-6(2)8-10(13)12-9(11-8)7-4-3-5-14-7/h3-6,8H,1-2H3,(H,11,12,13). The number of amidine groups is 1. The van der Waals surface area contributed by atoms with Crippen molar-refractivity contribution in [3.05, 3.63) is 24.2 Å². The molecule has 0 radical (unpaired) electrons. The number of carbonyl (C=O) groups excluding carboxylic acids is 1. The zero-order valence-corrected chi connectivity index (χ0v) is 8.15. The van der Waals surface area contributed by atoms with Crippen LogP contribution in [-0.2, 0) is 4.79 Å². The van der Waals surface area contributed by atoms with Gasteiger partial charge in [0.15, 0.2) is 11.6 Å². The Kier molecular flexibility index (Phi) is 2.11. The van der Waals surface area contributed by atoms with E-state index in [1.165, 1.54) is 0 Å². The van der Waals surface area contributed by atoms with Gasteiger partial charge in [-0.25, -0.2) is 0 Å². The highest BCUT2D eigenvalue weighted by molar-refractivity contribution is 6.12. The van der Waals surface area contributed by atoms with Gasteiger partial charge in [-0.3, -0.25) is 9.79 Å². The van der Waals surface area contributed by atoms with Crippen molar-refractivity contribution in [3.63, 3.8) is 0 Å². The third-order valence-corrected chi connectivity index (χ3v) is 2.16. The summed E-state index contributed by atoms with van der Waals surface area (Å²) >= 11 is 0. The highest BCUT2D eigenvalue weighted by Crippen LogP contribution is 2.14. The molecule has 1 amide bonds. The SMILES string of the molecule is CC(C)C1N=C(c2ccco2)NC1=O. The molecular weight excluding hydrogens is 180 g/mol. The molecule has 1 aromatic heterocycles. The van der Waals surface area contributed by atoms with Gasteiger partial charge in [0.05, 0.1) is 6.26 Å². The number of carbonyl (C=O) groups is 1. The monoisotopic (exact) mass is 192 g/mol. The fourth-order valence-electron chi connectivity index (χ4n) is 1.41. The first-order valence-corrected chi connectivity index (χ1v) is 4.61. The molecule has 2 heterocycles. The van der Waals surface area contributed by atoms with Gasteiger partial charge in [0.2, 0.25) is 0 Å². The van der Waals surface area contributed by atoms with Gasteiger partial charge in [0.1, 0.15) is 6.04 Å². The molecular formula is C10H12N2O2. The van der Waals surface area contributed by atoms with Crippen LogP contribution in [0.2, 0.25) is 0 Å². The lowest BCUT2D eigenvalue weighted by Gasteiger charge is -2.06. The maximum atomic E-state index is 11.5. The summed E-state index contributed by atoms with van der Waals surface area (Å²) in [6.45, 7) is 3.94. The number of rotatable bonds is 2. The molecule has 0 saturated heterocycles. The second kappa shape index (κ2) is 3.29. The van der Waals surface area contributed by atoms with Gasteiger partial charge in [-0.15, -0.1) is 0 Å². The highest BCUT2D eigenvalue weighted by atomic mass is 16.3. The Labute approximate surface area is 82.0 Å². The predicted molar refractivity (Wildman–Crippen MR) is 52.0 cm³/mol. The number of hydrogen-bond donors (Lipinski definition) is 1. The van der Waals surface area contributed by atoms with E-state index in [9.17, 15) is 4.79 Å². The van der Waals surface area contributed by atoms with E-state index in [4.69, 9.17) is 4.42 Å². The second-order valence-corrected chi connectivity index (χ2v) is 3.63. The van der Waals surface area contributed by atoms with Crippen molar-refractivity contribution in [1.82, 2.24) is 5.32 Å². The number of nitrogens with zero attached hydrogens (tertiary/aromatic N) is 1. The number of amides is 1. The Morgan fingerprint density at radius 1 is 1.57 bits per heavy atom. The van der Waals surface area contributed by atoms with Crippen LogP contribution >= 0.6 is 0 Å². The van der Waals surface area contributed by atoms with Crippen LogP contribution in [0.4, 0.5) is 0 Å². The van der Waals surface area contributed by atoms with Crippen molar-refractivity contribution in [2.24, 2.45) is 10.9 Å². The van der Waals surface area contributed by atoms with Gasteiger partial charge < -0.3 is 9.73 Å². The minimum absolute atomic E-state index is 0.0496. The first-order chi connectivity index (χ1) is 6.68. The van der Waals surface area contributed by atoms with Crippen molar-refractivity contribution >= 4 is 11.7 Å². The Morgan fingerprint density at radius 2 is 2.36 bits per heavy atom. The third kappa shape index (κ3) is 1.43. The average Bonchev–Trinajstić information content (AvgIpc) is 2.70. The van der Waals surface area contributed by atoms with Gasteiger partial charge >= 0.3 is 0 Å². The fourth-order valence-corrected chi connectivity index (χ4v) is 1.41. The van der Waals surface area contributed by atoms with Gasteiger partial charge in [-0.2, -0.15) is 0 Å². The Hall–Kier alpha value is -1.58. The number of aliphatic imine (C=N–C) groups is 1. The largest absolute Gasteiger partial charge is 0.461 e. The van der Waals surface area contributed by atoms with Crippen LogP contribution in [0.25, 0.3) is 0 Å². The van der Waals surface area contributed by atoms with Crippen molar-refractivity contribution in [1.29, 1.82) is 0 Å². The Balaban J connectivity index is 2.25. The van der Waals surface area contributed by atoms with Crippen LogP contribution in [-0.4, -0.2) is 17.8 Å². The molecule has 0 spiro atoms. The first kappa shape index (κ1) is 8.99. The minimum atomic E-state index is -0.282. The number of hydrogen-bond acceptors (Lipinski definition) is 3. The summed E-state index contributed by atoms with van der Waals surface area (Å²) in [6, 6.07) is 3.27. The van der Waals surface area contributed by atoms with Gasteiger partial charge in [-0.1, -0.05) is 13.8 Å². The predicted octanol–water partition coefficient (Wildman–Crippen LogP) is 1.18. The summed E-state index contributed by atoms with van der Waals surface area (Å²) in [6.07, 6.45) is 1.56. The molecule has 0 saturated carbocycles. The normalized spacial score (nSPS) is 21.2. The topological polar surface area (TPSA) is 54.6 Å². The van der Waals surface area contributed by atoms with Crippen LogP contribution in [0, 0.1) is 5.92 Å². The maximum absolute atomic E-state index is 11.5. The summed E-state index contributed by atoms with van der Waals surface area (Å²) in [5.74, 6) is 1.31. The van der Waals surface area contributed by atoms with Gasteiger partial charge in [0, 0.05) is 0 Å². The molecule has 2 rings (SSSR count). The van der Waals surface area contributed by atoms with Crippen LogP contribution in [0.3, 0.4) is 0 Å². The number of furan rings is 1. The number of nitrogens with one attached hydrogen (secondary N) is 1. The van der Waals surface area contributed by atoms with Crippen LogP contribution in [0.1, 0.15) is 19.6 Å². The van der Waals surface area contributed by atoms with Crippen LogP contribution in [0.15, 0.2) is 27.8 Å². The Morgan fingerprint density at radius 3 is 2.86 bits per heavy atom. The van der Waals surface area contributed by atoms with Crippen molar-refractivity contribution < 1.29 is 9.21 Å². The molecule has 0 fully saturated rings. The van der Waals surface area contributed by atoms with Gasteiger partial charge in [0.25, 0.3) is 5.91 Å². The van der Waals surface area contributed by atoms with E-state index in [1.54, 1.807) is 18.4 Å². The molecule has 0 aromatic carbocycles. The summed E-state index contributed by atoms with van der Waals surface area (Å²) in [5.41, 5.74) is 0. The van der Waals surface area contributed by atoms with Crippen molar-refractivity contribution in [2.75, 3.05) is 0 Å². The summed E-state index contributed by atoms with van der Waals surface area (Å²) < 4.78 is 5.15. The average molecular weight is 192 g/mol. The van der Waals surface area contributed by atoms with E-state index in [-0.39, 0.29) is 17.9 Å². The van der Waals surface area contributed by atoms with E-state index in [0.29, 0.717) is 11.6 Å². The van der Waals surface area contributed by atoms with Crippen molar-refractivity contribution in [3.8, 4) is 0 Å². The zero-order chi connectivity index (χ0) is 10.1. The smallest absolute Gasteiger partial charge is 0.250 e. The van der Waals surface area contributed by atoms with E-state index < -0.39 is 0 Å². The van der Waals surface area contributed by atoms with Gasteiger partial charge in [-0.05, 0) is 18.1 Å². The third-order valence-electron chi connectivity index (χ3n) is 2.16. The fraction of sp³-hybridized carbons (Fsp3) is 0.400. The molecule has 4 nitrogen and oxygen atoms in total. The molecule has 74 valence electrons. The molecule has 0 bridgehead atoms. The first-order valence-electron chi connectivity index (χ1n) is 4.61. The molecule has 1 unspecified atom stereocenters. The summed E-state index contributed by atoms with van der Waals surface area (Å²) in [5, 5.41) is 2.70. The summed E-state index contributed by atoms with van der Waals surface area (Å²) in [7, 11) is 0. The summed E-state index contributed by atoms with van der Waals surface area (Å²) in [4.78, 5) is 15.7. The molecule has 0 aliphatic carbocycles. The Bertz CT molecular complexity index is 365. The van der Waals surface area contributed by atoms with Crippen LogP contribution < -0.4 is 5.32 Å². The lowest BCUT2D eigenvalue weighted by molar-refractivity contribution is -0.120. The lowest BCUT2D eigenvalue weighted by atomic mass is 10.1. The minimum Gasteiger partial charge on any atom is -0.461 e. The van der Waals surface area contributed by atoms with Crippen molar-refractivity contribution in [2.45, 2.75) is 19.9 Å². The lowest BCUT2D eigenvalue weighted by Crippen LogP contribution is -2.31. The zero-order valence-electron chi connectivity index (χ0n) is 8.15. The highest BCUT2D eigenvalue weighted by Gasteiger charge is 2.30. The quantitative estimate of drug-likeness (QED) is 0.765.